The molecular weight excluding hydrogens is 260 g/mol. The van der Waals surface area contributed by atoms with Gasteiger partial charge < -0.3 is 24.8 Å². The maximum absolute atomic E-state index is 12.1. The van der Waals surface area contributed by atoms with Crippen LogP contribution in [0, 0.1) is 0 Å². The smallest absolute Gasteiger partial charge is 0.239 e. The molecule has 1 saturated heterocycles. The topological polar surface area (TPSA) is 74.0 Å². The summed E-state index contributed by atoms with van der Waals surface area (Å²) in [6, 6.07) is -0.453. The van der Waals surface area contributed by atoms with Crippen molar-refractivity contribution in [1.29, 1.82) is 0 Å². The monoisotopic (exact) mass is 288 g/mol. The van der Waals surface area contributed by atoms with Gasteiger partial charge in [0.1, 0.15) is 0 Å². The van der Waals surface area contributed by atoms with Gasteiger partial charge in [-0.3, -0.25) is 4.79 Å². The van der Waals surface area contributed by atoms with Crippen LogP contribution in [0.2, 0.25) is 0 Å². The Kier molecular flexibility index (Phi) is 8.77. The van der Waals surface area contributed by atoms with Crippen molar-refractivity contribution in [1.82, 2.24) is 4.90 Å². The van der Waals surface area contributed by atoms with Crippen LogP contribution in [0.25, 0.3) is 0 Å². The zero-order valence-corrected chi connectivity index (χ0v) is 12.7. The van der Waals surface area contributed by atoms with E-state index in [1.807, 2.05) is 11.8 Å². The van der Waals surface area contributed by atoms with Crippen molar-refractivity contribution in [2.75, 3.05) is 46.6 Å². The van der Waals surface area contributed by atoms with Crippen molar-refractivity contribution in [2.24, 2.45) is 5.73 Å². The van der Waals surface area contributed by atoms with Gasteiger partial charge in [-0.25, -0.2) is 0 Å². The van der Waals surface area contributed by atoms with E-state index >= 15 is 0 Å². The highest BCUT2D eigenvalue weighted by Gasteiger charge is 2.26. The van der Waals surface area contributed by atoms with Crippen LogP contribution in [0.3, 0.4) is 0 Å². The van der Waals surface area contributed by atoms with Gasteiger partial charge in [0.2, 0.25) is 5.91 Å². The predicted molar refractivity (Wildman–Crippen MR) is 76.5 cm³/mol. The lowest BCUT2D eigenvalue weighted by molar-refractivity contribution is -0.135. The number of hydrogen-bond acceptors (Lipinski definition) is 5. The first kappa shape index (κ1) is 17.4. The summed E-state index contributed by atoms with van der Waals surface area (Å²) < 4.78 is 15.9. The van der Waals surface area contributed by atoms with Crippen LogP contribution >= 0.6 is 0 Å². The molecule has 2 N–H and O–H groups in total. The van der Waals surface area contributed by atoms with Crippen molar-refractivity contribution >= 4 is 5.91 Å². The average Bonchev–Trinajstić information content (AvgIpc) is 2.49. The second-order valence-electron chi connectivity index (χ2n) is 4.98. The highest BCUT2D eigenvalue weighted by Crippen LogP contribution is 2.14. The molecule has 1 atom stereocenters. The lowest BCUT2D eigenvalue weighted by atomic mass is 10.1. The molecule has 1 aliphatic heterocycles. The molecular formula is C14H28N2O4. The van der Waals surface area contributed by atoms with Crippen LogP contribution in [0.15, 0.2) is 0 Å². The van der Waals surface area contributed by atoms with Crippen LogP contribution in [-0.2, 0) is 19.0 Å². The largest absolute Gasteiger partial charge is 0.385 e. The molecule has 0 aliphatic carbocycles. The highest BCUT2D eigenvalue weighted by atomic mass is 16.5. The second kappa shape index (κ2) is 10.1. The number of carbonyl (C=O) groups excluding carboxylic acids is 1. The van der Waals surface area contributed by atoms with Crippen molar-refractivity contribution in [3.63, 3.8) is 0 Å². The minimum atomic E-state index is -0.453. The fourth-order valence-corrected chi connectivity index (χ4v) is 2.26. The Labute approximate surface area is 121 Å². The van der Waals surface area contributed by atoms with Crippen molar-refractivity contribution in [3.8, 4) is 0 Å². The Morgan fingerprint density at radius 2 is 2.00 bits per heavy atom. The minimum Gasteiger partial charge on any atom is -0.385 e. The summed E-state index contributed by atoms with van der Waals surface area (Å²) >= 11 is 0. The summed E-state index contributed by atoms with van der Waals surface area (Å²) in [6.07, 6.45) is 2.54. The van der Waals surface area contributed by atoms with E-state index in [9.17, 15) is 4.79 Å². The molecule has 1 fully saturated rings. The average molecular weight is 288 g/mol. The number of methoxy groups -OCH3 is 1. The number of nitrogens with zero attached hydrogens (tertiary/aromatic N) is 1. The summed E-state index contributed by atoms with van der Waals surface area (Å²) in [5.41, 5.74) is 5.86. The predicted octanol–water partition coefficient (Wildman–Crippen LogP) is 0.394. The number of amides is 1. The summed E-state index contributed by atoms with van der Waals surface area (Å²) in [7, 11) is 1.61. The number of carbonyl (C=O) groups is 1. The lowest BCUT2D eigenvalue weighted by Gasteiger charge is -2.33. The standard InChI is InChI=1S/C14H28N2O4/c1-3-19-10-11-20-12-4-7-16(8-5-12)14(17)13(15)6-9-18-2/h12-13H,3-11,15H2,1-2H3. The molecule has 6 heteroatoms. The molecule has 0 radical (unpaired) electrons. The molecule has 1 unspecified atom stereocenters. The summed E-state index contributed by atoms with van der Waals surface area (Å²) in [4.78, 5) is 13.9. The van der Waals surface area contributed by atoms with E-state index in [0.717, 1.165) is 32.5 Å². The Morgan fingerprint density at radius 1 is 1.30 bits per heavy atom. The Morgan fingerprint density at radius 3 is 2.60 bits per heavy atom. The lowest BCUT2D eigenvalue weighted by Crippen LogP contribution is -2.48. The first-order chi connectivity index (χ1) is 9.69. The number of likely N-dealkylation sites (tertiary alicyclic amines) is 1. The van der Waals surface area contributed by atoms with Gasteiger partial charge in [-0.2, -0.15) is 0 Å². The first-order valence-corrected chi connectivity index (χ1v) is 7.41. The molecule has 6 nitrogen and oxygen atoms in total. The van der Waals surface area contributed by atoms with Crippen molar-refractivity contribution < 1.29 is 19.0 Å². The first-order valence-electron chi connectivity index (χ1n) is 7.41. The van der Waals surface area contributed by atoms with E-state index in [1.165, 1.54) is 0 Å². The zero-order valence-electron chi connectivity index (χ0n) is 12.7. The fraction of sp³-hybridized carbons (Fsp3) is 0.929. The van der Waals surface area contributed by atoms with Gasteiger partial charge in [0.25, 0.3) is 0 Å². The molecule has 0 saturated carbocycles. The van der Waals surface area contributed by atoms with Crippen LogP contribution < -0.4 is 5.73 Å². The number of nitrogens with two attached hydrogens (primary N) is 1. The maximum Gasteiger partial charge on any atom is 0.239 e. The Hall–Kier alpha value is -0.690. The molecule has 0 aromatic heterocycles. The third-order valence-corrected chi connectivity index (χ3v) is 3.49. The van der Waals surface area contributed by atoms with Gasteiger partial charge in [-0.1, -0.05) is 0 Å². The van der Waals surface area contributed by atoms with Gasteiger partial charge >= 0.3 is 0 Å². The molecule has 20 heavy (non-hydrogen) atoms. The zero-order chi connectivity index (χ0) is 14.8. The SMILES string of the molecule is CCOCCOC1CCN(C(=O)C(N)CCOC)CC1. The Bertz CT molecular complexity index is 268. The third kappa shape index (κ3) is 6.17. The Balaban J connectivity index is 2.19. The molecule has 1 rings (SSSR count). The van der Waals surface area contributed by atoms with E-state index < -0.39 is 6.04 Å². The van der Waals surface area contributed by atoms with Gasteiger partial charge in [0.15, 0.2) is 0 Å². The van der Waals surface area contributed by atoms with E-state index in [1.54, 1.807) is 7.11 Å². The molecule has 0 aromatic rings. The molecule has 0 spiro atoms. The summed E-state index contributed by atoms with van der Waals surface area (Å²) in [5.74, 6) is 0.0230. The maximum atomic E-state index is 12.1. The number of ether oxygens (including phenoxy) is 3. The minimum absolute atomic E-state index is 0.0230. The number of hydrogen-bond donors (Lipinski definition) is 1. The number of rotatable bonds is 9. The van der Waals surface area contributed by atoms with E-state index in [2.05, 4.69) is 0 Å². The molecule has 1 heterocycles. The normalized spacial score (nSPS) is 18.2. The molecule has 1 aliphatic rings. The van der Waals surface area contributed by atoms with Crippen LogP contribution in [-0.4, -0.2) is 69.6 Å². The van der Waals surface area contributed by atoms with Crippen molar-refractivity contribution in [2.45, 2.75) is 38.3 Å². The van der Waals surface area contributed by atoms with Gasteiger partial charge in [-0.05, 0) is 26.2 Å². The van der Waals surface area contributed by atoms with Gasteiger partial charge in [-0.15, -0.1) is 0 Å². The molecule has 0 bridgehead atoms. The van der Waals surface area contributed by atoms with E-state index in [-0.39, 0.29) is 12.0 Å². The molecule has 0 aromatic carbocycles. The summed E-state index contributed by atoms with van der Waals surface area (Å²) in [5, 5.41) is 0. The van der Waals surface area contributed by atoms with Gasteiger partial charge in [0.05, 0.1) is 25.4 Å². The fourth-order valence-electron chi connectivity index (χ4n) is 2.26. The van der Waals surface area contributed by atoms with Crippen LogP contribution in [0.1, 0.15) is 26.2 Å². The van der Waals surface area contributed by atoms with Crippen LogP contribution in [0.4, 0.5) is 0 Å². The number of piperidine rings is 1. The second-order valence-corrected chi connectivity index (χ2v) is 4.98. The third-order valence-electron chi connectivity index (χ3n) is 3.49. The highest BCUT2D eigenvalue weighted by molar-refractivity contribution is 5.81. The van der Waals surface area contributed by atoms with E-state index in [4.69, 9.17) is 19.9 Å². The molecule has 1 amide bonds. The van der Waals surface area contributed by atoms with Crippen molar-refractivity contribution in [3.05, 3.63) is 0 Å². The van der Waals surface area contributed by atoms with E-state index in [0.29, 0.717) is 26.2 Å². The molecule has 118 valence electrons. The quantitative estimate of drug-likeness (QED) is 0.621. The van der Waals surface area contributed by atoms with Gasteiger partial charge in [0, 0.05) is 33.4 Å². The van der Waals surface area contributed by atoms with Crippen LogP contribution in [0.5, 0.6) is 0 Å². The summed E-state index contributed by atoms with van der Waals surface area (Å²) in [6.45, 7) is 5.91.